The Bertz CT molecular complexity index is 1060. The molecule has 1 aromatic carbocycles. The highest BCUT2D eigenvalue weighted by Crippen LogP contribution is 2.26. The van der Waals surface area contributed by atoms with Crippen LogP contribution in [0.25, 0.3) is 11.3 Å². The Hall–Kier alpha value is -3.29. The molecule has 2 heterocycles. The largest absolute Gasteiger partial charge is 0.385 e. The van der Waals surface area contributed by atoms with E-state index < -0.39 is 17.8 Å². The number of nitrogens with one attached hydrogen (secondary N) is 1. The monoisotopic (exact) mass is 418 g/mol. The van der Waals surface area contributed by atoms with Gasteiger partial charge in [-0.3, -0.25) is 9.48 Å². The van der Waals surface area contributed by atoms with Gasteiger partial charge in [0.2, 0.25) is 5.82 Å². The zero-order chi connectivity index (χ0) is 21.1. The van der Waals surface area contributed by atoms with E-state index in [4.69, 9.17) is 21.4 Å². The van der Waals surface area contributed by atoms with E-state index in [0.29, 0.717) is 17.8 Å². The summed E-state index contributed by atoms with van der Waals surface area (Å²) in [5.74, 6) is -1.53. The third-order valence-electron chi connectivity index (χ3n) is 3.94. The first kappa shape index (κ1) is 20.4. The Morgan fingerprint density at radius 1 is 1.48 bits per heavy atom. The molecule has 0 aliphatic heterocycles. The molecule has 1 amide bonds. The summed E-state index contributed by atoms with van der Waals surface area (Å²) in [5, 5.41) is 28.8. The van der Waals surface area contributed by atoms with Gasteiger partial charge >= 0.3 is 11.8 Å². The summed E-state index contributed by atoms with van der Waals surface area (Å²) in [6.45, 7) is 3.52. The molecule has 2 N–H and O–H groups in total. The third-order valence-corrected chi connectivity index (χ3v) is 4.24. The van der Waals surface area contributed by atoms with Crippen molar-refractivity contribution in [2.75, 3.05) is 0 Å². The summed E-state index contributed by atoms with van der Waals surface area (Å²) < 4.78 is 20.3. The van der Waals surface area contributed by atoms with E-state index in [1.54, 1.807) is 29.9 Å². The zero-order valence-electron chi connectivity index (χ0n) is 15.4. The fraction of sp³-hybridized carbons (Fsp3) is 0.278. The van der Waals surface area contributed by atoms with Gasteiger partial charge < -0.3 is 14.9 Å². The molecule has 2 aromatic heterocycles. The van der Waals surface area contributed by atoms with Gasteiger partial charge in [0.05, 0.1) is 17.3 Å². The number of aromatic nitrogens is 4. The summed E-state index contributed by atoms with van der Waals surface area (Å²) in [5.41, 5.74) is 0.678. The van der Waals surface area contributed by atoms with Crippen LogP contribution in [0.3, 0.4) is 0 Å². The molecule has 150 valence electrons. The molecule has 0 aliphatic rings. The van der Waals surface area contributed by atoms with Crippen LogP contribution in [0.2, 0.25) is 5.02 Å². The van der Waals surface area contributed by atoms with E-state index >= 15 is 0 Å². The molecule has 2 atom stereocenters. The molecule has 0 aliphatic carbocycles. The molecule has 3 rings (SSSR count). The zero-order valence-corrected chi connectivity index (χ0v) is 16.2. The predicted octanol–water partition coefficient (Wildman–Crippen LogP) is 2.47. The first-order chi connectivity index (χ1) is 13.8. The maximum absolute atomic E-state index is 13.9. The van der Waals surface area contributed by atoms with Crippen LogP contribution in [0.4, 0.5) is 4.39 Å². The van der Waals surface area contributed by atoms with Gasteiger partial charge in [-0.05, 0) is 32.0 Å². The van der Waals surface area contributed by atoms with Crippen LogP contribution in [0, 0.1) is 17.1 Å². The summed E-state index contributed by atoms with van der Waals surface area (Å²) in [4.78, 5) is 16.0. The van der Waals surface area contributed by atoms with Gasteiger partial charge in [0, 0.05) is 17.8 Å². The number of hydrogen-bond acceptors (Lipinski definition) is 7. The molecule has 0 saturated carbocycles. The van der Waals surface area contributed by atoms with Crippen LogP contribution in [-0.2, 0) is 6.54 Å². The van der Waals surface area contributed by atoms with Crippen LogP contribution in [0.1, 0.15) is 42.0 Å². The van der Waals surface area contributed by atoms with Crippen molar-refractivity contribution in [3.63, 3.8) is 0 Å². The second-order valence-corrected chi connectivity index (χ2v) is 6.77. The Balaban J connectivity index is 1.66. The Morgan fingerprint density at radius 2 is 2.24 bits per heavy atom. The molecular formula is C18H16ClFN6O3. The fourth-order valence-electron chi connectivity index (χ4n) is 2.55. The maximum Gasteiger partial charge on any atom is 0.316 e. The summed E-state index contributed by atoms with van der Waals surface area (Å²) in [7, 11) is 0. The van der Waals surface area contributed by atoms with Gasteiger partial charge in [-0.2, -0.15) is 15.3 Å². The topological polar surface area (TPSA) is 130 Å². The minimum atomic E-state index is -0.944. The number of amides is 1. The summed E-state index contributed by atoms with van der Waals surface area (Å²) in [6, 6.07) is 5.69. The van der Waals surface area contributed by atoms with E-state index in [2.05, 4.69) is 20.6 Å². The molecule has 0 fully saturated rings. The van der Waals surface area contributed by atoms with Gasteiger partial charge in [-0.25, -0.2) is 4.39 Å². The normalized spacial score (nSPS) is 13.0. The van der Waals surface area contributed by atoms with E-state index in [0.717, 1.165) is 0 Å². The lowest BCUT2D eigenvalue weighted by Crippen LogP contribution is -2.36. The molecule has 0 radical (unpaired) electrons. The van der Waals surface area contributed by atoms with Crippen LogP contribution < -0.4 is 5.32 Å². The maximum atomic E-state index is 13.9. The van der Waals surface area contributed by atoms with Gasteiger partial charge in [0.15, 0.2) is 0 Å². The number of aliphatic hydroxyl groups excluding tert-OH is 1. The van der Waals surface area contributed by atoms with Crippen molar-refractivity contribution in [2.45, 2.75) is 32.5 Å². The summed E-state index contributed by atoms with van der Waals surface area (Å²) >= 11 is 5.93. The Labute approximate surface area is 169 Å². The molecule has 9 nitrogen and oxygen atoms in total. The van der Waals surface area contributed by atoms with Crippen LogP contribution in [-0.4, -0.2) is 37.0 Å². The minimum Gasteiger partial charge on any atom is -0.385 e. The highest BCUT2D eigenvalue weighted by Gasteiger charge is 2.19. The molecule has 0 saturated heterocycles. The van der Waals surface area contributed by atoms with Crippen molar-refractivity contribution < 1.29 is 18.8 Å². The first-order valence-corrected chi connectivity index (χ1v) is 8.91. The van der Waals surface area contributed by atoms with Gasteiger partial charge in [0.1, 0.15) is 23.6 Å². The SMILES string of the molecule is C[C@H](O)c1noc(C(=O)N[C@@H](C)Cn2ccc(-c3cc(F)c(C#N)c(Cl)c3)n2)n1. The van der Waals surface area contributed by atoms with E-state index in [9.17, 15) is 14.3 Å². The minimum absolute atomic E-state index is 0.00815. The highest BCUT2D eigenvalue weighted by molar-refractivity contribution is 6.32. The molecule has 0 bridgehead atoms. The second kappa shape index (κ2) is 8.38. The lowest BCUT2D eigenvalue weighted by molar-refractivity contribution is 0.0891. The van der Waals surface area contributed by atoms with Crippen LogP contribution >= 0.6 is 11.6 Å². The van der Waals surface area contributed by atoms with Crippen molar-refractivity contribution in [1.82, 2.24) is 25.2 Å². The number of hydrogen-bond donors (Lipinski definition) is 2. The number of nitriles is 1. The quantitative estimate of drug-likeness (QED) is 0.628. The standard InChI is InChI=1S/C18H16ClFN6O3/c1-9(22-17(28)18-23-16(10(2)27)25-29-18)8-26-4-3-15(24-26)11-5-13(19)12(7-21)14(20)6-11/h3-6,9-10,27H,8H2,1-2H3,(H,22,28)/t9-,10-/m0/s1. The van der Waals surface area contributed by atoms with Crippen LogP contribution in [0.15, 0.2) is 28.9 Å². The van der Waals surface area contributed by atoms with Crippen molar-refractivity contribution in [1.29, 1.82) is 5.26 Å². The smallest absolute Gasteiger partial charge is 0.316 e. The first-order valence-electron chi connectivity index (χ1n) is 8.54. The highest BCUT2D eigenvalue weighted by atomic mass is 35.5. The van der Waals surface area contributed by atoms with E-state index in [1.165, 1.54) is 19.1 Å². The number of halogens is 2. The van der Waals surface area contributed by atoms with Crippen LogP contribution in [0.5, 0.6) is 0 Å². The second-order valence-electron chi connectivity index (χ2n) is 6.36. The van der Waals surface area contributed by atoms with E-state index in [-0.39, 0.29) is 28.3 Å². The number of carbonyl (C=O) groups excluding carboxylic acids is 1. The Kier molecular flexibility index (Phi) is 5.91. The van der Waals surface area contributed by atoms with Gasteiger partial charge in [-0.1, -0.05) is 16.8 Å². The molecule has 11 heteroatoms. The van der Waals surface area contributed by atoms with Crippen molar-refractivity contribution in [3.05, 3.63) is 52.5 Å². The van der Waals surface area contributed by atoms with E-state index in [1.807, 2.05) is 0 Å². The number of benzene rings is 1. The Morgan fingerprint density at radius 3 is 2.86 bits per heavy atom. The number of aliphatic hydroxyl groups is 1. The summed E-state index contributed by atoms with van der Waals surface area (Å²) in [6.07, 6.45) is 0.723. The van der Waals surface area contributed by atoms with Gasteiger partial charge in [0.25, 0.3) is 0 Å². The van der Waals surface area contributed by atoms with Crippen molar-refractivity contribution >= 4 is 17.5 Å². The molecule has 3 aromatic rings. The lowest BCUT2D eigenvalue weighted by Gasteiger charge is -2.12. The third kappa shape index (κ3) is 4.59. The molecule has 29 heavy (non-hydrogen) atoms. The molecular weight excluding hydrogens is 403 g/mol. The average molecular weight is 419 g/mol. The number of carbonyl (C=O) groups is 1. The predicted molar refractivity (Wildman–Crippen MR) is 99.2 cm³/mol. The lowest BCUT2D eigenvalue weighted by atomic mass is 10.1. The number of nitrogens with zero attached hydrogens (tertiary/aromatic N) is 5. The molecule has 0 spiro atoms. The van der Waals surface area contributed by atoms with Crippen molar-refractivity contribution in [3.8, 4) is 17.3 Å². The average Bonchev–Trinajstić information content (AvgIpc) is 3.31. The fourth-order valence-corrected chi connectivity index (χ4v) is 2.80. The van der Waals surface area contributed by atoms with Crippen molar-refractivity contribution in [2.24, 2.45) is 0 Å². The number of rotatable bonds is 6. The van der Waals surface area contributed by atoms with Gasteiger partial charge in [-0.15, -0.1) is 0 Å². The molecule has 0 unspecified atom stereocenters.